The van der Waals surface area contributed by atoms with E-state index in [-0.39, 0.29) is 17.3 Å². The Balaban J connectivity index is 1.99. The van der Waals surface area contributed by atoms with Gasteiger partial charge in [-0.2, -0.15) is 0 Å². The third-order valence-corrected chi connectivity index (χ3v) is 8.44. The van der Waals surface area contributed by atoms with Crippen molar-refractivity contribution in [3.05, 3.63) is 94.5 Å². The van der Waals surface area contributed by atoms with Gasteiger partial charge in [0, 0.05) is 18.1 Å². The fourth-order valence-electron chi connectivity index (χ4n) is 4.04. The van der Waals surface area contributed by atoms with Crippen molar-refractivity contribution in [2.75, 3.05) is 24.4 Å². The third-order valence-electron chi connectivity index (χ3n) is 6.12. The Morgan fingerprint density at radius 1 is 0.946 bits per heavy atom. The number of benzene rings is 3. The van der Waals surface area contributed by atoms with Crippen molar-refractivity contribution in [1.29, 1.82) is 0 Å². The standard InChI is InChI=1S/C28H32BrN3O4S/c1-4-26(28(34)30-3)31(19-18-22-8-6-5-7-9-22)27(33)20-32(24-14-12-23(29)13-15-24)37(35,36)25-16-10-21(2)11-17-25/h5-17,26H,4,18-20H2,1-3H3,(H,30,34). The number of anilines is 1. The molecule has 0 aliphatic rings. The van der Waals surface area contributed by atoms with Crippen molar-refractivity contribution in [2.24, 2.45) is 0 Å². The van der Waals surface area contributed by atoms with Crippen LogP contribution >= 0.6 is 15.9 Å². The molecule has 1 N–H and O–H groups in total. The topological polar surface area (TPSA) is 86.8 Å². The predicted molar refractivity (Wildman–Crippen MR) is 150 cm³/mol. The normalized spacial score (nSPS) is 12.0. The van der Waals surface area contributed by atoms with Crippen LogP contribution in [-0.2, 0) is 26.0 Å². The van der Waals surface area contributed by atoms with Gasteiger partial charge in [0.15, 0.2) is 0 Å². The number of halogens is 1. The number of aryl methyl sites for hydroxylation is 1. The Morgan fingerprint density at radius 3 is 2.14 bits per heavy atom. The minimum Gasteiger partial charge on any atom is -0.357 e. The molecule has 0 saturated carbocycles. The van der Waals surface area contributed by atoms with Gasteiger partial charge in [0.25, 0.3) is 10.0 Å². The zero-order valence-corrected chi connectivity index (χ0v) is 23.6. The van der Waals surface area contributed by atoms with Crippen LogP contribution in [0, 0.1) is 6.92 Å². The molecular weight excluding hydrogens is 554 g/mol. The predicted octanol–water partition coefficient (Wildman–Crippen LogP) is 4.55. The zero-order chi connectivity index (χ0) is 27.0. The summed E-state index contributed by atoms with van der Waals surface area (Å²) in [6, 6.07) is 22.2. The molecule has 3 aromatic rings. The van der Waals surface area contributed by atoms with Crippen LogP contribution in [0.3, 0.4) is 0 Å². The van der Waals surface area contributed by atoms with Gasteiger partial charge in [-0.3, -0.25) is 13.9 Å². The van der Waals surface area contributed by atoms with E-state index in [1.807, 2.05) is 44.2 Å². The van der Waals surface area contributed by atoms with Gasteiger partial charge >= 0.3 is 0 Å². The first-order valence-electron chi connectivity index (χ1n) is 12.1. The largest absolute Gasteiger partial charge is 0.357 e. The van der Waals surface area contributed by atoms with Crippen LogP contribution in [0.4, 0.5) is 5.69 Å². The second-order valence-electron chi connectivity index (χ2n) is 8.66. The second-order valence-corrected chi connectivity index (χ2v) is 11.4. The Labute approximate surface area is 227 Å². The number of nitrogens with one attached hydrogen (secondary N) is 1. The average Bonchev–Trinajstić information content (AvgIpc) is 2.90. The number of rotatable bonds is 11. The van der Waals surface area contributed by atoms with Gasteiger partial charge in [0.05, 0.1) is 10.6 Å². The van der Waals surface area contributed by atoms with Crippen LogP contribution in [-0.4, -0.2) is 51.3 Å². The number of hydrogen-bond donors (Lipinski definition) is 1. The van der Waals surface area contributed by atoms with Crippen molar-refractivity contribution in [3.63, 3.8) is 0 Å². The average molecular weight is 587 g/mol. The molecule has 0 bridgehead atoms. The van der Waals surface area contributed by atoms with Gasteiger partial charge in [0.1, 0.15) is 12.6 Å². The summed E-state index contributed by atoms with van der Waals surface area (Å²) >= 11 is 3.38. The lowest BCUT2D eigenvalue weighted by atomic mass is 10.1. The Kier molecular flexibility index (Phi) is 9.88. The van der Waals surface area contributed by atoms with Crippen molar-refractivity contribution in [1.82, 2.24) is 10.2 Å². The smallest absolute Gasteiger partial charge is 0.264 e. The summed E-state index contributed by atoms with van der Waals surface area (Å²) in [6.45, 7) is 3.53. The fraction of sp³-hybridized carbons (Fsp3) is 0.286. The van der Waals surface area contributed by atoms with E-state index in [1.54, 1.807) is 36.4 Å². The number of hydrogen-bond acceptors (Lipinski definition) is 4. The highest BCUT2D eigenvalue weighted by Crippen LogP contribution is 2.26. The first kappa shape index (κ1) is 28.4. The van der Waals surface area contributed by atoms with Gasteiger partial charge in [-0.05, 0) is 61.7 Å². The van der Waals surface area contributed by atoms with E-state index in [4.69, 9.17) is 0 Å². The maximum Gasteiger partial charge on any atom is 0.264 e. The quantitative estimate of drug-likeness (QED) is 0.357. The maximum atomic E-state index is 13.8. The molecule has 0 aromatic heterocycles. The zero-order valence-electron chi connectivity index (χ0n) is 21.2. The fourth-order valence-corrected chi connectivity index (χ4v) is 5.71. The van der Waals surface area contributed by atoms with E-state index in [0.29, 0.717) is 18.5 Å². The molecule has 0 spiro atoms. The van der Waals surface area contributed by atoms with Crippen LogP contribution in [0.5, 0.6) is 0 Å². The van der Waals surface area contributed by atoms with Gasteiger partial charge < -0.3 is 10.2 Å². The van der Waals surface area contributed by atoms with Crippen molar-refractivity contribution in [3.8, 4) is 0 Å². The molecule has 196 valence electrons. The minimum absolute atomic E-state index is 0.0861. The van der Waals surface area contributed by atoms with Gasteiger partial charge in [-0.25, -0.2) is 8.42 Å². The van der Waals surface area contributed by atoms with Crippen molar-refractivity contribution in [2.45, 2.75) is 37.6 Å². The molecule has 0 aliphatic heterocycles. The molecule has 2 amide bonds. The van der Waals surface area contributed by atoms with E-state index in [9.17, 15) is 18.0 Å². The minimum atomic E-state index is -4.07. The molecule has 0 fully saturated rings. The van der Waals surface area contributed by atoms with Crippen LogP contribution in [0.2, 0.25) is 0 Å². The highest BCUT2D eigenvalue weighted by atomic mass is 79.9. The highest BCUT2D eigenvalue weighted by molar-refractivity contribution is 9.10. The molecule has 1 unspecified atom stereocenters. The maximum absolute atomic E-state index is 13.8. The molecule has 3 rings (SSSR count). The number of amides is 2. The molecule has 1 atom stereocenters. The Morgan fingerprint density at radius 2 is 1.57 bits per heavy atom. The molecule has 3 aromatic carbocycles. The Hall–Kier alpha value is -3.17. The first-order chi connectivity index (χ1) is 17.7. The van der Waals surface area contributed by atoms with Crippen LogP contribution in [0.1, 0.15) is 24.5 Å². The first-order valence-corrected chi connectivity index (χ1v) is 14.3. The molecule has 0 aliphatic carbocycles. The molecule has 9 heteroatoms. The van der Waals surface area contributed by atoms with Gasteiger partial charge in [-0.1, -0.05) is 70.9 Å². The van der Waals surface area contributed by atoms with Crippen LogP contribution in [0.15, 0.2) is 88.2 Å². The van der Waals surface area contributed by atoms with E-state index in [2.05, 4.69) is 21.2 Å². The number of likely N-dealkylation sites (N-methyl/N-ethyl adjacent to an activating group) is 1. The lowest BCUT2D eigenvalue weighted by Gasteiger charge is -2.33. The molecule has 7 nitrogen and oxygen atoms in total. The lowest BCUT2D eigenvalue weighted by Crippen LogP contribution is -2.52. The SMILES string of the molecule is CCC(C(=O)NC)N(CCc1ccccc1)C(=O)CN(c1ccc(Br)cc1)S(=O)(=O)c1ccc(C)cc1. The van der Waals surface area contributed by atoms with Crippen LogP contribution < -0.4 is 9.62 Å². The number of sulfonamides is 1. The lowest BCUT2D eigenvalue weighted by molar-refractivity contribution is -0.139. The van der Waals surface area contributed by atoms with E-state index in [0.717, 1.165) is 19.9 Å². The summed E-state index contributed by atoms with van der Waals surface area (Å²) in [5.74, 6) is -0.745. The molecule has 0 heterocycles. The van der Waals surface area contributed by atoms with E-state index < -0.39 is 28.5 Å². The van der Waals surface area contributed by atoms with Crippen LogP contribution in [0.25, 0.3) is 0 Å². The summed E-state index contributed by atoms with van der Waals surface area (Å²) in [5.41, 5.74) is 2.30. The van der Waals surface area contributed by atoms with Crippen molar-refractivity contribution >= 4 is 43.5 Å². The summed E-state index contributed by atoms with van der Waals surface area (Å²) in [5, 5.41) is 2.63. The summed E-state index contributed by atoms with van der Waals surface area (Å²) in [7, 11) is -2.54. The monoisotopic (exact) mass is 585 g/mol. The number of carbonyl (C=O) groups excluding carboxylic acids is 2. The highest BCUT2D eigenvalue weighted by Gasteiger charge is 2.33. The van der Waals surface area contributed by atoms with E-state index in [1.165, 1.54) is 24.1 Å². The van der Waals surface area contributed by atoms with Gasteiger partial charge in [-0.15, -0.1) is 0 Å². The molecular formula is C28H32BrN3O4S. The Bertz CT molecular complexity index is 1300. The third kappa shape index (κ3) is 7.20. The number of carbonyl (C=O) groups is 2. The number of nitrogens with zero attached hydrogens (tertiary/aromatic N) is 2. The molecule has 37 heavy (non-hydrogen) atoms. The summed E-state index contributed by atoms with van der Waals surface area (Å²) < 4.78 is 29.4. The molecule has 0 saturated heterocycles. The summed E-state index contributed by atoms with van der Waals surface area (Å²) in [4.78, 5) is 28.1. The van der Waals surface area contributed by atoms with Crippen molar-refractivity contribution < 1.29 is 18.0 Å². The van der Waals surface area contributed by atoms with Gasteiger partial charge in [0.2, 0.25) is 11.8 Å². The second kappa shape index (κ2) is 12.9. The molecule has 0 radical (unpaired) electrons. The summed E-state index contributed by atoms with van der Waals surface area (Å²) in [6.07, 6.45) is 0.923. The van der Waals surface area contributed by atoms with E-state index >= 15 is 0 Å².